The summed E-state index contributed by atoms with van der Waals surface area (Å²) < 4.78 is 31.5. The summed E-state index contributed by atoms with van der Waals surface area (Å²) in [6.45, 7) is 0.946. The average molecular weight is 279 g/mol. The van der Waals surface area contributed by atoms with Crippen LogP contribution in [0.5, 0.6) is 0 Å². The van der Waals surface area contributed by atoms with E-state index in [2.05, 4.69) is 15.5 Å². The van der Waals surface area contributed by atoms with E-state index in [1.165, 1.54) is 12.1 Å². The molecule has 0 amide bonds. The van der Waals surface area contributed by atoms with Crippen LogP contribution in [-0.4, -0.2) is 16.7 Å². The maximum Gasteiger partial charge on any atom is 0.231 e. The Morgan fingerprint density at radius 2 is 2.20 bits per heavy atom. The minimum atomic E-state index is -0.597. The molecular weight excluding hydrogens is 264 g/mol. The highest BCUT2D eigenvalue weighted by atomic mass is 19.1. The smallest absolute Gasteiger partial charge is 0.231 e. The van der Waals surface area contributed by atoms with Crippen molar-refractivity contribution in [3.8, 4) is 0 Å². The van der Waals surface area contributed by atoms with Gasteiger partial charge >= 0.3 is 0 Å². The number of nitrogens with zero attached hydrogens (tertiary/aromatic N) is 2. The minimum Gasteiger partial charge on any atom is -0.339 e. The van der Waals surface area contributed by atoms with Crippen LogP contribution >= 0.6 is 0 Å². The van der Waals surface area contributed by atoms with Gasteiger partial charge in [-0.15, -0.1) is 0 Å². The Hall–Kier alpha value is -1.82. The Kier molecular flexibility index (Phi) is 3.73. The molecule has 20 heavy (non-hydrogen) atoms. The third-order valence-electron chi connectivity index (χ3n) is 3.46. The van der Waals surface area contributed by atoms with Crippen LogP contribution < -0.4 is 5.32 Å². The lowest BCUT2D eigenvalue weighted by Crippen LogP contribution is -2.27. The first kappa shape index (κ1) is 13.2. The second-order valence-electron chi connectivity index (χ2n) is 4.96. The van der Waals surface area contributed by atoms with Crippen molar-refractivity contribution in [2.24, 2.45) is 0 Å². The average Bonchev–Trinajstić information content (AvgIpc) is 2.92. The van der Waals surface area contributed by atoms with Gasteiger partial charge in [-0.1, -0.05) is 17.6 Å². The predicted octanol–water partition coefficient (Wildman–Crippen LogP) is 2.75. The third kappa shape index (κ3) is 2.85. The van der Waals surface area contributed by atoms with Gasteiger partial charge in [0.25, 0.3) is 0 Å². The van der Waals surface area contributed by atoms with Crippen molar-refractivity contribution in [1.29, 1.82) is 0 Å². The number of halogens is 2. The molecule has 1 saturated heterocycles. The summed E-state index contributed by atoms with van der Waals surface area (Å²) in [4.78, 5) is 4.29. The van der Waals surface area contributed by atoms with Crippen molar-refractivity contribution < 1.29 is 13.3 Å². The zero-order valence-electron chi connectivity index (χ0n) is 10.9. The number of hydrogen-bond donors (Lipinski definition) is 1. The minimum absolute atomic E-state index is 0.110. The van der Waals surface area contributed by atoms with E-state index in [0.717, 1.165) is 31.9 Å². The molecule has 1 aromatic carbocycles. The van der Waals surface area contributed by atoms with Crippen LogP contribution in [0.4, 0.5) is 8.78 Å². The lowest BCUT2D eigenvalue weighted by molar-refractivity contribution is 0.351. The van der Waals surface area contributed by atoms with E-state index >= 15 is 0 Å². The molecule has 0 saturated carbocycles. The number of piperidine rings is 1. The number of rotatable bonds is 3. The summed E-state index contributed by atoms with van der Waals surface area (Å²) in [5.74, 6) is -0.232. The molecule has 0 radical (unpaired) electrons. The molecule has 3 rings (SSSR count). The maximum absolute atomic E-state index is 13.6. The molecule has 1 atom stereocenters. The molecular formula is C14H15F2N3O. The van der Waals surface area contributed by atoms with Gasteiger partial charge in [-0.3, -0.25) is 0 Å². The summed E-state index contributed by atoms with van der Waals surface area (Å²) in [6.07, 6.45) is 3.44. The van der Waals surface area contributed by atoms with Crippen LogP contribution in [-0.2, 0) is 6.42 Å². The summed E-state index contributed by atoms with van der Waals surface area (Å²) >= 11 is 0. The van der Waals surface area contributed by atoms with Crippen molar-refractivity contribution >= 4 is 0 Å². The zero-order chi connectivity index (χ0) is 13.9. The largest absolute Gasteiger partial charge is 0.339 e. The standard InChI is InChI=1S/C14H15F2N3O/c15-10-5-4-9(11(16)8-10)7-13-18-14(19-20-13)12-3-1-2-6-17-12/h4-5,8,12,17H,1-3,6-7H2. The van der Waals surface area contributed by atoms with Gasteiger partial charge in [0.15, 0.2) is 5.82 Å². The van der Waals surface area contributed by atoms with Crippen LogP contribution in [0.3, 0.4) is 0 Å². The topological polar surface area (TPSA) is 51.0 Å². The molecule has 2 aromatic rings. The van der Waals surface area contributed by atoms with Gasteiger partial charge in [-0.05, 0) is 31.0 Å². The summed E-state index contributed by atoms with van der Waals surface area (Å²) in [5, 5.41) is 7.26. The van der Waals surface area contributed by atoms with E-state index in [-0.39, 0.29) is 12.5 Å². The lowest BCUT2D eigenvalue weighted by Gasteiger charge is -2.19. The van der Waals surface area contributed by atoms with Crippen LogP contribution in [0.1, 0.15) is 42.6 Å². The molecule has 1 fully saturated rings. The molecule has 0 bridgehead atoms. The Morgan fingerprint density at radius 1 is 1.30 bits per heavy atom. The fourth-order valence-corrected chi connectivity index (χ4v) is 2.38. The highest BCUT2D eigenvalue weighted by Crippen LogP contribution is 2.21. The molecule has 1 aliphatic heterocycles. The van der Waals surface area contributed by atoms with Crippen molar-refractivity contribution in [2.75, 3.05) is 6.54 Å². The molecule has 6 heteroatoms. The van der Waals surface area contributed by atoms with Gasteiger partial charge in [0.05, 0.1) is 12.5 Å². The van der Waals surface area contributed by atoms with Gasteiger partial charge in [0, 0.05) is 6.07 Å². The Morgan fingerprint density at radius 3 is 2.95 bits per heavy atom. The van der Waals surface area contributed by atoms with Crippen molar-refractivity contribution in [2.45, 2.75) is 31.7 Å². The molecule has 1 N–H and O–H groups in total. The predicted molar refractivity (Wildman–Crippen MR) is 68.1 cm³/mol. The van der Waals surface area contributed by atoms with Crippen LogP contribution in [0.15, 0.2) is 22.7 Å². The summed E-state index contributed by atoms with van der Waals surface area (Å²) in [5.41, 5.74) is 0.346. The molecule has 4 nitrogen and oxygen atoms in total. The molecule has 0 aliphatic carbocycles. The summed E-state index contributed by atoms with van der Waals surface area (Å²) in [6, 6.07) is 3.58. The number of aromatic nitrogens is 2. The second kappa shape index (κ2) is 5.66. The van der Waals surface area contributed by atoms with Crippen LogP contribution in [0, 0.1) is 11.6 Å². The first-order valence-corrected chi connectivity index (χ1v) is 6.72. The molecule has 2 heterocycles. The van der Waals surface area contributed by atoms with E-state index < -0.39 is 11.6 Å². The third-order valence-corrected chi connectivity index (χ3v) is 3.46. The highest BCUT2D eigenvalue weighted by molar-refractivity contribution is 5.21. The van der Waals surface area contributed by atoms with Gasteiger partial charge < -0.3 is 9.84 Å². The Balaban J connectivity index is 1.73. The normalized spacial score (nSPS) is 19.2. The van der Waals surface area contributed by atoms with Crippen LogP contribution in [0.25, 0.3) is 0 Å². The second-order valence-corrected chi connectivity index (χ2v) is 4.96. The van der Waals surface area contributed by atoms with E-state index in [4.69, 9.17) is 4.52 Å². The number of hydrogen-bond acceptors (Lipinski definition) is 4. The van der Waals surface area contributed by atoms with E-state index in [9.17, 15) is 8.78 Å². The number of nitrogens with one attached hydrogen (secondary N) is 1. The fourth-order valence-electron chi connectivity index (χ4n) is 2.38. The maximum atomic E-state index is 13.6. The molecule has 1 aliphatic rings. The quantitative estimate of drug-likeness (QED) is 0.938. The zero-order valence-corrected chi connectivity index (χ0v) is 10.9. The van der Waals surface area contributed by atoms with Crippen molar-refractivity contribution in [3.05, 3.63) is 47.1 Å². The van der Waals surface area contributed by atoms with Gasteiger partial charge in [-0.25, -0.2) is 8.78 Å². The first-order valence-electron chi connectivity index (χ1n) is 6.72. The highest BCUT2D eigenvalue weighted by Gasteiger charge is 2.20. The van der Waals surface area contributed by atoms with E-state index in [1.54, 1.807) is 0 Å². The monoisotopic (exact) mass is 279 g/mol. The Labute approximate surface area is 115 Å². The van der Waals surface area contributed by atoms with Gasteiger partial charge in [0.1, 0.15) is 11.6 Å². The van der Waals surface area contributed by atoms with Crippen LogP contribution in [0.2, 0.25) is 0 Å². The van der Waals surface area contributed by atoms with Crippen molar-refractivity contribution in [1.82, 2.24) is 15.5 Å². The van der Waals surface area contributed by atoms with E-state index in [1.807, 2.05) is 0 Å². The SMILES string of the molecule is Fc1ccc(Cc2nc(C3CCCCN3)no2)c(F)c1. The fraction of sp³-hybridized carbons (Fsp3) is 0.429. The molecule has 1 aromatic heterocycles. The molecule has 0 spiro atoms. The van der Waals surface area contributed by atoms with Gasteiger partial charge in [-0.2, -0.15) is 4.98 Å². The van der Waals surface area contributed by atoms with Crippen molar-refractivity contribution in [3.63, 3.8) is 0 Å². The summed E-state index contributed by atoms with van der Waals surface area (Å²) in [7, 11) is 0. The Bertz CT molecular complexity index is 594. The molecule has 106 valence electrons. The lowest BCUT2D eigenvalue weighted by atomic mass is 10.0. The number of benzene rings is 1. The van der Waals surface area contributed by atoms with Gasteiger partial charge in [0.2, 0.25) is 5.89 Å². The van der Waals surface area contributed by atoms with E-state index in [0.29, 0.717) is 17.3 Å². The molecule has 1 unspecified atom stereocenters. The first-order chi connectivity index (χ1) is 9.72.